The molecule has 0 bridgehead atoms. The minimum Gasteiger partial charge on any atom is -0.502 e. The minimum absolute atomic E-state index is 0.150. The first-order valence-corrected chi connectivity index (χ1v) is 6.38. The van der Waals surface area contributed by atoms with Crippen molar-refractivity contribution in [1.29, 1.82) is 0 Å². The predicted octanol–water partition coefficient (Wildman–Crippen LogP) is 3.71. The maximum Gasteiger partial charge on any atom is 0.312 e. The normalized spacial score (nSPS) is 10.8. The average Bonchev–Trinajstić information content (AvgIpc) is 2.42. The Morgan fingerprint density at radius 3 is 2.81 bits per heavy atom. The molecule has 6 nitrogen and oxygen atoms in total. The number of aryl methyl sites for hydroxylation is 1. The highest BCUT2D eigenvalue weighted by atomic mass is 35.5. The standard InChI is InChI=1S/C14H12ClN3O3/c1-9-3-2-4-12(5-9)17-16-8-10-6-11(15)7-13(14(10)19)18(20)21/h2-8,17,19H,1H3/b16-8+. The van der Waals surface area contributed by atoms with Crippen LogP contribution < -0.4 is 5.43 Å². The largest absolute Gasteiger partial charge is 0.502 e. The van der Waals surface area contributed by atoms with Gasteiger partial charge in [-0.05, 0) is 30.7 Å². The third kappa shape index (κ3) is 3.70. The summed E-state index contributed by atoms with van der Waals surface area (Å²) in [5, 5.41) is 24.7. The highest BCUT2D eigenvalue weighted by Gasteiger charge is 2.17. The quantitative estimate of drug-likeness (QED) is 0.512. The van der Waals surface area contributed by atoms with Gasteiger partial charge in [-0.25, -0.2) is 0 Å². The molecule has 0 aliphatic heterocycles. The Labute approximate surface area is 125 Å². The Balaban J connectivity index is 2.23. The van der Waals surface area contributed by atoms with E-state index < -0.39 is 16.4 Å². The first-order valence-electron chi connectivity index (χ1n) is 6.00. The van der Waals surface area contributed by atoms with Gasteiger partial charge in [0, 0.05) is 16.7 Å². The number of benzene rings is 2. The van der Waals surface area contributed by atoms with E-state index in [1.54, 1.807) is 0 Å². The van der Waals surface area contributed by atoms with Gasteiger partial charge in [0.2, 0.25) is 5.75 Å². The van der Waals surface area contributed by atoms with E-state index in [2.05, 4.69) is 10.5 Å². The van der Waals surface area contributed by atoms with Crippen LogP contribution in [0.15, 0.2) is 41.5 Å². The molecule has 0 atom stereocenters. The third-order valence-corrected chi connectivity index (χ3v) is 2.91. The maximum atomic E-state index is 10.8. The number of nitrogens with one attached hydrogen (secondary N) is 1. The van der Waals surface area contributed by atoms with Crippen LogP contribution in [0.25, 0.3) is 0 Å². The molecule has 2 rings (SSSR count). The summed E-state index contributed by atoms with van der Waals surface area (Å²) in [4.78, 5) is 10.1. The van der Waals surface area contributed by atoms with Crippen LogP contribution in [0, 0.1) is 17.0 Å². The van der Waals surface area contributed by atoms with Crippen LogP contribution in [0.4, 0.5) is 11.4 Å². The van der Waals surface area contributed by atoms with Crippen molar-refractivity contribution in [2.75, 3.05) is 5.43 Å². The number of nitrogens with zero attached hydrogens (tertiary/aromatic N) is 2. The molecular weight excluding hydrogens is 294 g/mol. The van der Waals surface area contributed by atoms with E-state index in [0.717, 1.165) is 17.3 Å². The number of anilines is 1. The van der Waals surface area contributed by atoms with Crippen LogP contribution in [-0.2, 0) is 0 Å². The van der Waals surface area contributed by atoms with Gasteiger partial charge >= 0.3 is 5.69 Å². The molecule has 0 spiro atoms. The number of phenolic OH excluding ortho intramolecular Hbond substituents is 1. The van der Waals surface area contributed by atoms with Crippen LogP contribution >= 0.6 is 11.6 Å². The number of rotatable bonds is 4. The van der Waals surface area contributed by atoms with E-state index in [1.807, 2.05) is 31.2 Å². The van der Waals surface area contributed by atoms with Crippen molar-refractivity contribution in [2.45, 2.75) is 6.92 Å². The highest BCUT2D eigenvalue weighted by molar-refractivity contribution is 6.31. The van der Waals surface area contributed by atoms with Gasteiger partial charge in [0.15, 0.2) is 0 Å². The molecule has 0 aliphatic rings. The number of phenols is 1. The number of halogens is 1. The third-order valence-electron chi connectivity index (χ3n) is 2.70. The Morgan fingerprint density at radius 1 is 1.38 bits per heavy atom. The molecule has 0 heterocycles. The SMILES string of the molecule is Cc1cccc(N/N=C/c2cc(Cl)cc([N+](=O)[O-])c2O)c1. The fourth-order valence-corrected chi connectivity index (χ4v) is 1.95. The van der Waals surface area contributed by atoms with E-state index in [-0.39, 0.29) is 10.6 Å². The van der Waals surface area contributed by atoms with E-state index in [0.29, 0.717) is 0 Å². The van der Waals surface area contributed by atoms with Gasteiger partial charge in [0.1, 0.15) is 0 Å². The average molecular weight is 306 g/mol. The van der Waals surface area contributed by atoms with Gasteiger partial charge in [0.05, 0.1) is 16.8 Å². The zero-order valence-electron chi connectivity index (χ0n) is 11.1. The van der Waals surface area contributed by atoms with Crippen molar-refractivity contribution < 1.29 is 10.0 Å². The van der Waals surface area contributed by atoms with Gasteiger partial charge in [-0.2, -0.15) is 5.10 Å². The summed E-state index contributed by atoms with van der Waals surface area (Å²) in [6, 6.07) is 10.0. The summed E-state index contributed by atoms with van der Waals surface area (Å²) in [5.74, 6) is -0.473. The van der Waals surface area contributed by atoms with Gasteiger partial charge in [-0.3, -0.25) is 15.5 Å². The van der Waals surface area contributed by atoms with Crippen molar-refractivity contribution in [3.63, 3.8) is 0 Å². The monoisotopic (exact) mass is 305 g/mol. The fraction of sp³-hybridized carbons (Fsp3) is 0.0714. The lowest BCUT2D eigenvalue weighted by Gasteiger charge is -2.03. The predicted molar refractivity (Wildman–Crippen MR) is 82.2 cm³/mol. The molecule has 0 radical (unpaired) electrons. The van der Waals surface area contributed by atoms with E-state index >= 15 is 0 Å². The number of aromatic hydroxyl groups is 1. The minimum atomic E-state index is -0.702. The number of hydrogen-bond acceptors (Lipinski definition) is 5. The van der Waals surface area contributed by atoms with Crippen molar-refractivity contribution in [2.24, 2.45) is 5.10 Å². The van der Waals surface area contributed by atoms with Crippen LogP contribution in [0.1, 0.15) is 11.1 Å². The number of nitro benzene ring substituents is 1. The molecule has 2 N–H and O–H groups in total. The maximum absolute atomic E-state index is 10.8. The fourth-order valence-electron chi connectivity index (χ4n) is 1.73. The van der Waals surface area contributed by atoms with E-state index in [4.69, 9.17) is 11.6 Å². The molecule has 0 saturated heterocycles. The molecule has 0 amide bonds. The number of hydrogen-bond donors (Lipinski definition) is 2. The lowest BCUT2D eigenvalue weighted by Crippen LogP contribution is -1.95. The molecule has 0 saturated carbocycles. The Bertz CT molecular complexity index is 717. The van der Waals surface area contributed by atoms with Crippen LogP contribution in [0.5, 0.6) is 5.75 Å². The smallest absolute Gasteiger partial charge is 0.312 e. The zero-order valence-corrected chi connectivity index (χ0v) is 11.8. The summed E-state index contributed by atoms with van der Waals surface area (Å²) in [6.45, 7) is 1.95. The van der Waals surface area contributed by atoms with Crippen molar-refractivity contribution in [3.05, 3.63) is 62.7 Å². The second-order valence-corrected chi connectivity index (χ2v) is 4.80. The number of nitro groups is 1. The van der Waals surface area contributed by atoms with E-state index in [9.17, 15) is 15.2 Å². The molecule has 2 aromatic rings. The molecule has 0 aromatic heterocycles. The van der Waals surface area contributed by atoms with Crippen LogP contribution in [0.2, 0.25) is 5.02 Å². The Morgan fingerprint density at radius 2 is 2.14 bits per heavy atom. The van der Waals surface area contributed by atoms with E-state index in [1.165, 1.54) is 12.3 Å². The first kappa shape index (κ1) is 14.8. The Kier molecular flexibility index (Phi) is 4.39. The van der Waals surface area contributed by atoms with Crippen molar-refractivity contribution in [1.82, 2.24) is 0 Å². The molecule has 0 fully saturated rings. The molecule has 0 unspecified atom stereocenters. The van der Waals surface area contributed by atoms with Gasteiger partial charge < -0.3 is 5.11 Å². The zero-order chi connectivity index (χ0) is 15.4. The van der Waals surface area contributed by atoms with Crippen molar-refractivity contribution >= 4 is 29.2 Å². The van der Waals surface area contributed by atoms with Gasteiger partial charge in [-0.15, -0.1) is 0 Å². The summed E-state index contributed by atoms with van der Waals surface area (Å²) >= 11 is 5.79. The Hall–Kier alpha value is -2.60. The molecule has 108 valence electrons. The summed E-state index contributed by atoms with van der Waals surface area (Å²) in [5.41, 5.74) is 4.31. The summed E-state index contributed by atoms with van der Waals surface area (Å²) in [7, 11) is 0. The molecule has 7 heteroatoms. The second-order valence-electron chi connectivity index (χ2n) is 4.36. The second kappa shape index (κ2) is 6.23. The van der Waals surface area contributed by atoms with Crippen molar-refractivity contribution in [3.8, 4) is 5.75 Å². The molecule has 2 aromatic carbocycles. The van der Waals surface area contributed by atoms with Crippen LogP contribution in [-0.4, -0.2) is 16.2 Å². The van der Waals surface area contributed by atoms with Crippen LogP contribution in [0.3, 0.4) is 0 Å². The number of hydrazone groups is 1. The highest BCUT2D eigenvalue weighted by Crippen LogP contribution is 2.32. The molecule has 0 aliphatic carbocycles. The molecule has 21 heavy (non-hydrogen) atoms. The first-order chi connectivity index (χ1) is 9.97. The summed E-state index contributed by atoms with van der Waals surface area (Å²) < 4.78 is 0. The lowest BCUT2D eigenvalue weighted by molar-refractivity contribution is -0.385. The molecular formula is C14H12ClN3O3. The van der Waals surface area contributed by atoms with Gasteiger partial charge in [0.25, 0.3) is 0 Å². The van der Waals surface area contributed by atoms with Gasteiger partial charge in [-0.1, -0.05) is 23.7 Å². The summed E-state index contributed by atoms with van der Waals surface area (Å²) in [6.07, 6.45) is 1.27. The topological polar surface area (TPSA) is 87.8 Å². The lowest BCUT2D eigenvalue weighted by atomic mass is 10.2.